The lowest BCUT2D eigenvalue weighted by Gasteiger charge is -2.35. The van der Waals surface area contributed by atoms with Gasteiger partial charge in [-0.25, -0.2) is 4.79 Å². The Balaban J connectivity index is 1.79. The number of aliphatic hydroxyl groups excluding tert-OH is 1. The standard InChI is InChI=1S/C16H24ClN2O9P/c1-3-25-29(23,26-4-2)8-9-7-24-13-12(27-9)11(6-20)28-15(13)19-5-10(17)14(21)18-16(19)22/h5,9,11-13,15,20H,3-4,6-8H2,1-2H3,(H,18,21,22)/t9?,11-,12-,13-,15-/m1/s1. The molecule has 2 aliphatic heterocycles. The van der Waals surface area contributed by atoms with Crippen LogP contribution in [0.25, 0.3) is 0 Å². The van der Waals surface area contributed by atoms with Crippen LogP contribution in [-0.2, 0) is 27.8 Å². The van der Waals surface area contributed by atoms with Gasteiger partial charge in [0.05, 0.1) is 38.7 Å². The van der Waals surface area contributed by atoms with Gasteiger partial charge in [0.15, 0.2) is 6.23 Å². The van der Waals surface area contributed by atoms with Crippen LogP contribution in [0, 0.1) is 0 Å². The summed E-state index contributed by atoms with van der Waals surface area (Å²) in [6.45, 7) is 3.52. The van der Waals surface area contributed by atoms with Gasteiger partial charge in [-0.15, -0.1) is 0 Å². The van der Waals surface area contributed by atoms with Gasteiger partial charge in [0.2, 0.25) is 0 Å². The van der Waals surface area contributed by atoms with Crippen LogP contribution in [0.5, 0.6) is 0 Å². The zero-order valence-corrected chi connectivity index (χ0v) is 17.6. The summed E-state index contributed by atoms with van der Waals surface area (Å²) in [4.78, 5) is 25.8. The first-order valence-electron chi connectivity index (χ1n) is 9.24. The van der Waals surface area contributed by atoms with Crippen molar-refractivity contribution in [2.24, 2.45) is 0 Å². The Morgan fingerprint density at radius 2 is 1.97 bits per heavy atom. The van der Waals surface area contributed by atoms with Crippen LogP contribution in [0.15, 0.2) is 15.8 Å². The summed E-state index contributed by atoms with van der Waals surface area (Å²) in [6, 6.07) is 0. The Labute approximate surface area is 171 Å². The van der Waals surface area contributed by atoms with Crippen LogP contribution in [0.3, 0.4) is 0 Å². The summed E-state index contributed by atoms with van der Waals surface area (Å²) in [5, 5.41) is 9.50. The normalized spacial score (nSPS) is 29.7. The molecule has 1 aromatic heterocycles. The number of aromatic amines is 1. The molecule has 0 amide bonds. The lowest BCUT2D eigenvalue weighted by atomic mass is 10.1. The summed E-state index contributed by atoms with van der Waals surface area (Å²) in [6.07, 6.45) is -2.75. The Bertz CT molecular complexity index is 865. The van der Waals surface area contributed by atoms with Crippen LogP contribution in [0.2, 0.25) is 5.02 Å². The maximum Gasteiger partial charge on any atom is 0.333 e. The number of ether oxygens (including phenoxy) is 3. The van der Waals surface area contributed by atoms with E-state index in [0.29, 0.717) is 0 Å². The van der Waals surface area contributed by atoms with Crippen LogP contribution in [-0.4, -0.2) is 71.7 Å². The fourth-order valence-electron chi connectivity index (χ4n) is 3.43. The van der Waals surface area contributed by atoms with Crippen molar-refractivity contribution in [3.8, 4) is 0 Å². The van der Waals surface area contributed by atoms with Crippen LogP contribution in [0.1, 0.15) is 20.1 Å². The average molecular weight is 455 g/mol. The molecule has 11 nitrogen and oxygen atoms in total. The summed E-state index contributed by atoms with van der Waals surface area (Å²) in [7, 11) is -3.37. The number of fused-ring (bicyclic) bond motifs is 1. The number of aromatic nitrogens is 2. The highest BCUT2D eigenvalue weighted by Gasteiger charge is 2.51. The molecule has 3 rings (SSSR count). The number of aliphatic hydroxyl groups is 1. The Hall–Kier alpha value is -1.04. The van der Waals surface area contributed by atoms with Gasteiger partial charge < -0.3 is 28.4 Å². The van der Waals surface area contributed by atoms with Gasteiger partial charge >= 0.3 is 13.3 Å². The molecule has 1 unspecified atom stereocenters. The predicted octanol–water partition coefficient (Wildman–Crippen LogP) is 0.498. The van der Waals surface area contributed by atoms with Gasteiger partial charge in [0, 0.05) is 6.20 Å². The fourth-order valence-corrected chi connectivity index (χ4v) is 5.35. The molecule has 29 heavy (non-hydrogen) atoms. The third-order valence-corrected chi connectivity index (χ3v) is 6.99. The minimum absolute atomic E-state index is 0.0227. The van der Waals surface area contributed by atoms with E-state index in [0.717, 1.165) is 10.8 Å². The molecule has 164 valence electrons. The van der Waals surface area contributed by atoms with E-state index in [1.165, 1.54) is 0 Å². The first kappa shape index (κ1) is 22.6. The number of nitrogens with zero attached hydrogens (tertiary/aromatic N) is 1. The minimum atomic E-state index is -3.37. The fraction of sp³-hybridized carbons (Fsp3) is 0.750. The maximum absolute atomic E-state index is 12.8. The average Bonchev–Trinajstić information content (AvgIpc) is 3.02. The van der Waals surface area contributed by atoms with E-state index in [4.69, 9.17) is 34.9 Å². The van der Waals surface area contributed by atoms with E-state index < -0.39 is 56.1 Å². The molecular formula is C16H24ClN2O9P. The number of nitrogens with one attached hydrogen (secondary N) is 1. The number of rotatable bonds is 8. The highest BCUT2D eigenvalue weighted by Crippen LogP contribution is 2.50. The van der Waals surface area contributed by atoms with E-state index in [9.17, 15) is 19.3 Å². The molecule has 0 saturated carbocycles. The van der Waals surface area contributed by atoms with Crippen molar-refractivity contribution in [1.29, 1.82) is 0 Å². The highest BCUT2D eigenvalue weighted by atomic mass is 35.5. The highest BCUT2D eigenvalue weighted by molar-refractivity contribution is 7.53. The third kappa shape index (κ3) is 4.83. The smallest absolute Gasteiger partial charge is 0.333 e. The monoisotopic (exact) mass is 454 g/mol. The van der Waals surface area contributed by atoms with Crippen molar-refractivity contribution >= 4 is 19.2 Å². The second-order valence-corrected chi connectivity index (χ2v) is 9.05. The Kier molecular flexibility index (Phi) is 7.34. The minimum Gasteiger partial charge on any atom is -0.394 e. The molecule has 0 aromatic carbocycles. The number of H-pyrrole nitrogens is 1. The molecule has 13 heteroatoms. The second-order valence-electron chi connectivity index (χ2n) is 6.54. The quantitative estimate of drug-likeness (QED) is 0.537. The summed E-state index contributed by atoms with van der Waals surface area (Å²) in [5.74, 6) is 0. The van der Waals surface area contributed by atoms with E-state index in [2.05, 4.69) is 4.98 Å². The van der Waals surface area contributed by atoms with Crippen molar-refractivity contribution < 1.29 is 32.9 Å². The van der Waals surface area contributed by atoms with Crippen molar-refractivity contribution in [3.05, 3.63) is 32.1 Å². The molecule has 2 saturated heterocycles. The van der Waals surface area contributed by atoms with Crippen LogP contribution < -0.4 is 11.2 Å². The molecule has 2 aliphatic rings. The molecule has 0 bridgehead atoms. The van der Waals surface area contributed by atoms with Crippen LogP contribution >= 0.6 is 19.2 Å². The summed E-state index contributed by atoms with van der Waals surface area (Å²) < 4.78 is 42.0. The molecular weight excluding hydrogens is 431 g/mol. The Morgan fingerprint density at radius 1 is 1.28 bits per heavy atom. The first-order chi connectivity index (χ1) is 13.8. The number of halogens is 1. The molecule has 0 aliphatic carbocycles. The lowest BCUT2D eigenvalue weighted by Crippen LogP contribution is -2.49. The van der Waals surface area contributed by atoms with Gasteiger partial charge in [-0.1, -0.05) is 11.6 Å². The molecule has 0 spiro atoms. The topological polar surface area (TPSA) is 138 Å². The first-order valence-corrected chi connectivity index (χ1v) is 11.3. The van der Waals surface area contributed by atoms with Crippen molar-refractivity contribution in [2.75, 3.05) is 32.6 Å². The van der Waals surface area contributed by atoms with E-state index in [-0.39, 0.29) is 31.0 Å². The van der Waals surface area contributed by atoms with Gasteiger partial charge in [-0.2, -0.15) is 0 Å². The van der Waals surface area contributed by atoms with Crippen molar-refractivity contribution in [3.63, 3.8) is 0 Å². The zero-order valence-electron chi connectivity index (χ0n) is 16.0. The zero-order chi connectivity index (χ0) is 21.2. The number of hydrogen-bond acceptors (Lipinski definition) is 9. The van der Waals surface area contributed by atoms with E-state index in [1.54, 1.807) is 13.8 Å². The molecule has 2 fully saturated rings. The maximum atomic E-state index is 12.8. The van der Waals surface area contributed by atoms with E-state index >= 15 is 0 Å². The SMILES string of the molecule is CCOP(=O)(CC1CO[C@@H]2[C@H](O1)[C@@H](CO)O[C@H]2n1cc(Cl)c(=O)[nH]c1=O)OCC. The summed E-state index contributed by atoms with van der Waals surface area (Å²) in [5.41, 5.74) is -1.45. The van der Waals surface area contributed by atoms with Gasteiger partial charge in [-0.05, 0) is 13.8 Å². The molecule has 3 heterocycles. The van der Waals surface area contributed by atoms with Gasteiger partial charge in [-0.3, -0.25) is 18.9 Å². The van der Waals surface area contributed by atoms with Crippen molar-refractivity contribution in [2.45, 2.75) is 44.5 Å². The lowest BCUT2D eigenvalue weighted by molar-refractivity contribution is -0.175. The molecule has 0 radical (unpaired) electrons. The largest absolute Gasteiger partial charge is 0.394 e. The summed E-state index contributed by atoms with van der Waals surface area (Å²) >= 11 is 5.83. The third-order valence-electron chi connectivity index (χ3n) is 4.57. The molecule has 1 aromatic rings. The van der Waals surface area contributed by atoms with Crippen LogP contribution in [0.4, 0.5) is 0 Å². The van der Waals surface area contributed by atoms with Crippen molar-refractivity contribution in [1.82, 2.24) is 9.55 Å². The van der Waals surface area contributed by atoms with Gasteiger partial charge in [0.25, 0.3) is 5.56 Å². The Morgan fingerprint density at radius 3 is 2.59 bits per heavy atom. The van der Waals surface area contributed by atoms with Gasteiger partial charge in [0.1, 0.15) is 23.3 Å². The van der Waals surface area contributed by atoms with E-state index in [1.807, 2.05) is 0 Å². The second kappa shape index (κ2) is 9.40. The number of hydrogen-bond donors (Lipinski definition) is 2. The molecule has 2 N–H and O–H groups in total. The molecule has 5 atom stereocenters. The predicted molar refractivity (Wildman–Crippen MR) is 101 cm³/mol.